The van der Waals surface area contributed by atoms with Crippen LogP contribution in [-0.2, 0) is 14.8 Å². The number of anilines is 1. The lowest BCUT2D eigenvalue weighted by molar-refractivity contribution is -0.116. The van der Waals surface area contributed by atoms with Gasteiger partial charge in [-0.2, -0.15) is 0 Å². The van der Waals surface area contributed by atoms with Gasteiger partial charge in [0.15, 0.2) is 17.3 Å². The van der Waals surface area contributed by atoms with Crippen molar-refractivity contribution in [1.29, 1.82) is 0 Å². The van der Waals surface area contributed by atoms with E-state index in [1.54, 1.807) is 18.2 Å². The number of nitrogens with one attached hydrogen (secondary N) is 2. The van der Waals surface area contributed by atoms with Crippen LogP contribution in [0.5, 0.6) is 11.5 Å². The van der Waals surface area contributed by atoms with Gasteiger partial charge in [-0.3, -0.25) is 4.79 Å². The van der Waals surface area contributed by atoms with Crippen LogP contribution < -0.4 is 19.5 Å². The number of aryl methyl sites for hydroxylation is 2. The van der Waals surface area contributed by atoms with Gasteiger partial charge < -0.3 is 19.3 Å². The molecular formula is C17H23N3O6S. The summed E-state index contributed by atoms with van der Waals surface area (Å²) in [5, 5.41) is 6.31. The van der Waals surface area contributed by atoms with Crippen molar-refractivity contribution in [1.82, 2.24) is 9.88 Å². The van der Waals surface area contributed by atoms with Gasteiger partial charge in [-0.1, -0.05) is 5.16 Å². The third kappa shape index (κ3) is 5.20. The monoisotopic (exact) mass is 397 g/mol. The molecule has 2 aromatic rings. The molecule has 1 heterocycles. The zero-order chi connectivity index (χ0) is 20.0. The Balaban J connectivity index is 1.93. The summed E-state index contributed by atoms with van der Waals surface area (Å²) in [5.41, 5.74) is 0.791. The summed E-state index contributed by atoms with van der Waals surface area (Å²) in [6.07, 6.45) is -0.0435. The maximum Gasteiger partial charge on any atom is 0.245 e. The van der Waals surface area contributed by atoms with Crippen molar-refractivity contribution in [2.75, 3.05) is 25.6 Å². The van der Waals surface area contributed by atoms with E-state index in [0.717, 1.165) is 0 Å². The molecule has 0 fully saturated rings. The molecule has 0 spiro atoms. The van der Waals surface area contributed by atoms with Crippen molar-refractivity contribution >= 4 is 21.6 Å². The van der Waals surface area contributed by atoms with E-state index in [0.29, 0.717) is 23.8 Å². The number of ether oxygens (including phenoxy) is 2. The molecule has 10 heteroatoms. The highest BCUT2D eigenvalue weighted by molar-refractivity contribution is 7.89. The highest BCUT2D eigenvalue weighted by atomic mass is 32.2. The average Bonchev–Trinajstić information content (AvgIpc) is 2.95. The van der Waals surface area contributed by atoms with Gasteiger partial charge in [-0.25, -0.2) is 13.1 Å². The van der Waals surface area contributed by atoms with Gasteiger partial charge in [0.25, 0.3) is 0 Å². The summed E-state index contributed by atoms with van der Waals surface area (Å²) in [7, 11) is -2.29. The number of amides is 1. The summed E-state index contributed by atoms with van der Waals surface area (Å²) in [6, 6.07) is 5.01. The van der Waals surface area contributed by atoms with E-state index in [-0.39, 0.29) is 35.2 Å². The van der Waals surface area contributed by atoms with Crippen LogP contribution in [0.3, 0.4) is 0 Å². The molecule has 27 heavy (non-hydrogen) atoms. The Labute approximate surface area is 158 Å². The zero-order valence-corrected chi connectivity index (χ0v) is 16.5. The van der Waals surface area contributed by atoms with E-state index in [1.165, 1.54) is 21.0 Å². The summed E-state index contributed by atoms with van der Waals surface area (Å²) in [4.78, 5) is 12.1. The van der Waals surface area contributed by atoms with Crippen LogP contribution in [0.4, 0.5) is 5.69 Å². The molecule has 0 bridgehead atoms. The summed E-state index contributed by atoms with van der Waals surface area (Å²) in [6.45, 7) is 5.34. The largest absolute Gasteiger partial charge is 0.493 e. The van der Waals surface area contributed by atoms with Gasteiger partial charge in [0.05, 0.1) is 13.7 Å². The minimum absolute atomic E-state index is 0.000780. The number of sulfonamides is 1. The third-order valence-electron chi connectivity index (χ3n) is 3.63. The van der Waals surface area contributed by atoms with Gasteiger partial charge in [-0.15, -0.1) is 0 Å². The lowest BCUT2D eigenvalue weighted by Crippen LogP contribution is -2.28. The predicted molar refractivity (Wildman–Crippen MR) is 98.6 cm³/mol. The second-order valence-corrected chi connectivity index (χ2v) is 7.35. The standard InChI is InChI=1S/C17H23N3O6S/c1-5-25-14-7-6-13(10-15(14)24-4)19-16(21)8-9-18-27(22,23)17-11(2)20-26-12(17)3/h6-7,10,18H,5,8-9H2,1-4H3,(H,19,21). The maximum atomic E-state index is 12.3. The fourth-order valence-corrected chi connectivity index (χ4v) is 3.83. The average molecular weight is 397 g/mol. The molecule has 1 aromatic carbocycles. The van der Waals surface area contributed by atoms with Crippen molar-refractivity contribution in [3.05, 3.63) is 29.7 Å². The predicted octanol–water partition coefficient (Wildman–Crippen LogP) is 2.01. The molecular weight excluding hydrogens is 374 g/mol. The first-order valence-electron chi connectivity index (χ1n) is 8.31. The van der Waals surface area contributed by atoms with Gasteiger partial charge in [-0.05, 0) is 32.9 Å². The molecule has 0 radical (unpaired) electrons. The molecule has 0 saturated carbocycles. The van der Waals surface area contributed by atoms with Crippen LogP contribution >= 0.6 is 0 Å². The van der Waals surface area contributed by atoms with Gasteiger partial charge in [0, 0.05) is 24.7 Å². The van der Waals surface area contributed by atoms with Crippen molar-refractivity contribution in [2.45, 2.75) is 32.1 Å². The molecule has 2 rings (SSSR count). The number of benzene rings is 1. The highest BCUT2D eigenvalue weighted by Gasteiger charge is 2.23. The first-order valence-corrected chi connectivity index (χ1v) is 9.80. The number of carbonyl (C=O) groups excluding carboxylic acids is 1. The minimum atomic E-state index is -3.79. The number of hydrogen-bond donors (Lipinski definition) is 2. The number of methoxy groups -OCH3 is 1. The Kier molecular flexibility index (Phi) is 6.81. The van der Waals surface area contributed by atoms with Crippen molar-refractivity contribution < 1.29 is 27.2 Å². The highest BCUT2D eigenvalue weighted by Crippen LogP contribution is 2.30. The van der Waals surface area contributed by atoms with Gasteiger partial charge in [0.2, 0.25) is 15.9 Å². The second-order valence-electron chi connectivity index (χ2n) is 5.65. The maximum absolute atomic E-state index is 12.3. The topological polar surface area (TPSA) is 120 Å². The van der Waals surface area contributed by atoms with E-state index < -0.39 is 10.0 Å². The number of hydrogen-bond acceptors (Lipinski definition) is 7. The Morgan fingerprint density at radius 2 is 2.00 bits per heavy atom. The first kappa shape index (κ1) is 20.7. The molecule has 2 N–H and O–H groups in total. The van der Waals surface area contributed by atoms with Crippen LogP contribution in [0.15, 0.2) is 27.6 Å². The number of aromatic nitrogens is 1. The van der Waals surface area contributed by atoms with Crippen LogP contribution in [0.25, 0.3) is 0 Å². The first-order chi connectivity index (χ1) is 12.8. The lowest BCUT2D eigenvalue weighted by Gasteiger charge is -2.12. The summed E-state index contributed by atoms with van der Waals surface area (Å²) < 4.78 is 42.5. The van der Waals surface area contributed by atoms with Gasteiger partial charge in [0.1, 0.15) is 10.6 Å². The fourth-order valence-electron chi connectivity index (χ4n) is 2.47. The third-order valence-corrected chi connectivity index (χ3v) is 5.33. The lowest BCUT2D eigenvalue weighted by atomic mass is 10.2. The molecule has 0 atom stereocenters. The molecule has 0 aliphatic carbocycles. The van der Waals surface area contributed by atoms with Crippen LogP contribution in [0.2, 0.25) is 0 Å². The molecule has 1 amide bonds. The molecule has 0 saturated heterocycles. The van der Waals surface area contributed by atoms with E-state index in [1.807, 2.05) is 6.92 Å². The Morgan fingerprint density at radius 3 is 2.59 bits per heavy atom. The van der Waals surface area contributed by atoms with E-state index in [4.69, 9.17) is 14.0 Å². The zero-order valence-electron chi connectivity index (χ0n) is 15.7. The Morgan fingerprint density at radius 1 is 1.26 bits per heavy atom. The molecule has 1 aromatic heterocycles. The van der Waals surface area contributed by atoms with E-state index in [2.05, 4.69) is 15.2 Å². The summed E-state index contributed by atoms with van der Waals surface area (Å²) in [5.74, 6) is 0.924. The van der Waals surface area contributed by atoms with Crippen molar-refractivity contribution in [2.24, 2.45) is 0 Å². The quantitative estimate of drug-likeness (QED) is 0.664. The molecule has 0 aliphatic rings. The van der Waals surface area contributed by atoms with E-state index >= 15 is 0 Å². The smallest absolute Gasteiger partial charge is 0.245 e. The molecule has 0 aliphatic heterocycles. The SMILES string of the molecule is CCOc1ccc(NC(=O)CCNS(=O)(=O)c2c(C)noc2C)cc1OC. The number of carbonyl (C=O) groups is 1. The molecule has 148 valence electrons. The number of rotatable bonds is 9. The van der Waals surface area contributed by atoms with E-state index in [9.17, 15) is 13.2 Å². The fraction of sp³-hybridized carbons (Fsp3) is 0.412. The number of nitrogens with zero attached hydrogens (tertiary/aromatic N) is 1. The van der Waals surface area contributed by atoms with Crippen molar-refractivity contribution in [3.63, 3.8) is 0 Å². The normalized spacial score (nSPS) is 11.3. The van der Waals surface area contributed by atoms with Crippen LogP contribution in [-0.4, -0.2) is 39.7 Å². The van der Waals surface area contributed by atoms with Gasteiger partial charge >= 0.3 is 0 Å². The second kappa shape index (κ2) is 8.87. The van der Waals surface area contributed by atoms with Crippen LogP contribution in [0, 0.1) is 13.8 Å². The Hall–Kier alpha value is -2.59. The minimum Gasteiger partial charge on any atom is -0.493 e. The Bertz CT molecular complexity index is 888. The molecule has 9 nitrogen and oxygen atoms in total. The molecule has 0 unspecified atom stereocenters. The van der Waals surface area contributed by atoms with Crippen molar-refractivity contribution in [3.8, 4) is 11.5 Å². The summed E-state index contributed by atoms with van der Waals surface area (Å²) >= 11 is 0. The van der Waals surface area contributed by atoms with Crippen LogP contribution in [0.1, 0.15) is 24.8 Å².